The molecule has 0 fully saturated rings. The van der Waals surface area contributed by atoms with Gasteiger partial charge >= 0.3 is 5.97 Å². The van der Waals surface area contributed by atoms with Gasteiger partial charge in [-0.05, 0) is 39.0 Å². The summed E-state index contributed by atoms with van der Waals surface area (Å²) in [5.74, 6) is -0.365. The molecule has 0 unspecified atom stereocenters. The van der Waals surface area contributed by atoms with Gasteiger partial charge in [0.2, 0.25) is 0 Å². The minimum atomic E-state index is -0.365. The second-order valence-electron chi connectivity index (χ2n) is 6.07. The van der Waals surface area contributed by atoms with E-state index in [1.165, 1.54) is 0 Å². The Bertz CT molecular complexity index is 1130. The lowest BCUT2D eigenvalue weighted by atomic mass is 10.1. The van der Waals surface area contributed by atoms with Crippen molar-refractivity contribution >= 4 is 27.9 Å². The number of hydrogen-bond acceptors (Lipinski definition) is 5. The van der Waals surface area contributed by atoms with Gasteiger partial charge in [0.05, 0.1) is 40.1 Å². The number of fused-ring (bicyclic) bond motifs is 3. The van der Waals surface area contributed by atoms with Crippen LogP contribution in [0.4, 0.5) is 0 Å². The summed E-state index contributed by atoms with van der Waals surface area (Å²) < 4.78 is 6.93. The van der Waals surface area contributed by atoms with E-state index in [1.54, 1.807) is 19.2 Å². The Hall–Kier alpha value is -3.28. The number of ether oxygens (including phenoxy) is 1. The molecule has 0 spiro atoms. The maximum atomic E-state index is 12.1. The number of esters is 1. The molecule has 0 saturated carbocycles. The summed E-state index contributed by atoms with van der Waals surface area (Å²) in [5, 5.41) is 6.34. The number of para-hydroxylation sites is 1. The average molecular weight is 346 g/mol. The van der Waals surface area contributed by atoms with Crippen LogP contribution in [-0.4, -0.2) is 32.3 Å². The molecule has 0 saturated heterocycles. The van der Waals surface area contributed by atoms with Crippen LogP contribution in [0.1, 0.15) is 28.7 Å². The molecule has 26 heavy (non-hydrogen) atoms. The molecule has 0 N–H and O–H groups in total. The highest BCUT2D eigenvalue weighted by Gasteiger charge is 2.18. The zero-order chi connectivity index (χ0) is 18.3. The van der Waals surface area contributed by atoms with Crippen LogP contribution < -0.4 is 0 Å². The number of benzene rings is 1. The Balaban J connectivity index is 1.98. The van der Waals surface area contributed by atoms with Crippen molar-refractivity contribution in [1.82, 2.24) is 19.7 Å². The number of carbonyl (C=O) groups is 1. The van der Waals surface area contributed by atoms with E-state index in [2.05, 4.69) is 15.1 Å². The summed E-state index contributed by atoms with van der Waals surface area (Å²) in [4.78, 5) is 21.4. The van der Waals surface area contributed by atoms with E-state index in [0.29, 0.717) is 17.9 Å². The van der Waals surface area contributed by atoms with Gasteiger partial charge in [-0.1, -0.05) is 18.2 Å². The zero-order valence-electron chi connectivity index (χ0n) is 14.9. The maximum Gasteiger partial charge on any atom is 0.339 e. The average Bonchev–Trinajstić information content (AvgIpc) is 2.99. The first-order valence-corrected chi connectivity index (χ1v) is 8.48. The highest BCUT2D eigenvalue weighted by Crippen LogP contribution is 2.28. The van der Waals surface area contributed by atoms with Crippen molar-refractivity contribution in [3.8, 4) is 5.69 Å². The highest BCUT2D eigenvalue weighted by molar-refractivity contribution is 6.06. The first kappa shape index (κ1) is 16.2. The fraction of sp³-hybridized carbons (Fsp3) is 0.200. The molecule has 0 aliphatic rings. The molecule has 3 heterocycles. The minimum Gasteiger partial charge on any atom is -0.462 e. The summed E-state index contributed by atoms with van der Waals surface area (Å²) in [6, 6.07) is 11.7. The number of nitrogens with zero attached hydrogens (tertiary/aromatic N) is 4. The van der Waals surface area contributed by atoms with E-state index < -0.39 is 0 Å². The largest absolute Gasteiger partial charge is 0.462 e. The van der Waals surface area contributed by atoms with Crippen molar-refractivity contribution in [2.75, 3.05) is 6.61 Å². The van der Waals surface area contributed by atoms with E-state index in [0.717, 1.165) is 33.3 Å². The Kier molecular flexibility index (Phi) is 3.88. The molecule has 6 nitrogen and oxygen atoms in total. The van der Waals surface area contributed by atoms with Gasteiger partial charge in [0, 0.05) is 11.6 Å². The monoisotopic (exact) mass is 346 g/mol. The standard InChI is InChI=1S/C20H18N4O2/c1-4-26-20(25)16-10-14-11-21-19-17(18(14)22-12(16)2)13(3)23-24(19)15-8-6-5-7-9-15/h5-11H,4H2,1-3H3. The van der Waals surface area contributed by atoms with Crippen LogP contribution in [0.2, 0.25) is 0 Å². The smallest absolute Gasteiger partial charge is 0.339 e. The number of hydrogen-bond donors (Lipinski definition) is 0. The van der Waals surface area contributed by atoms with Crippen molar-refractivity contribution in [3.05, 3.63) is 59.5 Å². The molecule has 6 heteroatoms. The lowest BCUT2D eigenvalue weighted by molar-refractivity contribution is 0.0525. The topological polar surface area (TPSA) is 69.9 Å². The third-order valence-corrected chi connectivity index (χ3v) is 4.34. The minimum absolute atomic E-state index is 0.330. The van der Waals surface area contributed by atoms with Gasteiger partial charge in [-0.2, -0.15) is 5.10 Å². The predicted molar refractivity (Wildman–Crippen MR) is 99.6 cm³/mol. The van der Waals surface area contributed by atoms with Crippen LogP contribution >= 0.6 is 0 Å². The van der Waals surface area contributed by atoms with Crippen molar-refractivity contribution in [1.29, 1.82) is 0 Å². The van der Waals surface area contributed by atoms with Gasteiger partial charge < -0.3 is 4.74 Å². The normalized spacial score (nSPS) is 11.2. The molecule has 4 aromatic rings. The number of pyridine rings is 2. The molecular formula is C20H18N4O2. The van der Waals surface area contributed by atoms with Gasteiger partial charge in [-0.15, -0.1) is 0 Å². The third-order valence-electron chi connectivity index (χ3n) is 4.34. The van der Waals surface area contributed by atoms with Gasteiger partial charge in [0.25, 0.3) is 0 Å². The highest BCUT2D eigenvalue weighted by atomic mass is 16.5. The molecule has 3 aromatic heterocycles. The first-order chi connectivity index (χ1) is 12.6. The van der Waals surface area contributed by atoms with E-state index >= 15 is 0 Å². The van der Waals surface area contributed by atoms with Gasteiger partial charge in [-0.3, -0.25) is 4.98 Å². The molecule has 130 valence electrons. The summed E-state index contributed by atoms with van der Waals surface area (Å²) in [6.45, 7) is 5.87. The number of aryl methyl sites for hydroxylation is 2. The Morgan fingerprint density at radius 2 is 1.92 bits per heavy atom. The number of aromatic nitrogens is 4. The van der Waals surface area contributed by atoms with Crippen LogP contribution in [0.15, 0.2) is 42.6 Å². The lowest BCUT2D eigenvalue weighted by Gasteiger charge is -2.08. The van der Waals surface area contributed by atoms with Crippen LogP contribution in [-0.2, 0) is 4.74 Å². The summed E-state index contributed by atoms with van der Waals surface area (Å²) in [6.07, 6.45) is 1.73. The van der Waals surface area contributed by atoms with Gasteiger partial charge in [-0.25, -0.2) is 14.5 Å². The van der Waals surface area contributed by atoms with Crippen molar-refractivity contribution in [2.45, 2.75) is 20.8 Å². The molecule has 1 aromatic carbocycles. The van der Waals surface area contributed by atoms with Gasteiger partial charge in [0.1, 0.15) is 0 Å². The Morgan fingerprint density at radius 1 is 1.15 bits per heavy atom. The van der Waals surface area contributed by atoms with Crippen molar-refractivity contribution < 1.29 is 9.53 Å². The predicted octanol–water partition coefficient (Wildman–Crippen LogP) is 3.76. The maximum absolute atomic E-state index is 12.1. The fourth-order valence-electron chi connectivity index (χ4n) is 3.13. The van der Waals surface area contributed by atoms with E-state index in [9.17, 15) is 4.79 Å². The molecule has 0 aliphatic carbocycles. The molecule has 4 rings (SSSR count). The first-order valence-electron chi connectivity index (χ1n) is 8.48. The Labute approximate surface area is 150 Å². The quantitative estimate of drug-likeness (QED) is 0.528. The van der Waals surface area contributed by atoms with Crippen LogP contribution in [0.25, 0.3) is 27.6 Å². The molecule has 0 bridgehead atoms. The van der Waals surface area contributed by atoms with E-state index in [-0.39, 0.29) is 5.97 Å². The SMILES string of the molecule is CCOC(=O)c1cc2cnc3c(c(C)nn3-c3ccccc3)c2nc1C. The third kappa shape index (κ3) is 2.50. The molecular weight excluding hydrogens is 328 g/mol. The van der Waals surface area contributed by atoms with Crippen LogP contribution in [0.3, 0.4) is 0 Å². The second-order valence-corrected chi connectivity index (χ2v) is 6.07. The summed E-state index contributed by atoms with van der Waals surface area (Å²) in [7, 11) is 0. The van der Waals surface area contributed by atoms with E-state index in [1.807, 2.05) is 48.9 Å². The molecule has 0 atom stereocenters. The molecule has 0 radical (unpaired) electrons. The van der Waals surface area contributed by atoms with Crippen molar-refractivity contribution in [3.63, 3.8) is 0 Å². The number of rotatable bonds is 3. The van der Waals surface area contributed by atoms with Crippen LogP contribution in [0.5, 0.6) is 0 Å². The zero-order valence-corrected chi connectivity index (χ0v) is 14.9. The number of carbonyl (C=O) groups excluding carboxylic acids is 1. The van der Waals surface area contributed by atoms with Gasteiger partial charge in [0.15, 0.2) is 5.65 Å². The second kappa shape index (κ2) is 6.22. The molecule has 0 amide bonds. The lowest BCUT2D eigenvalue weighted by Crippen LogP contribution is -2.08. The summed E-state index contributed by atoms with van der Waals surface area (Å²) in [5.41, 5.74) is 4.43. The van der Waals surface area contributed by atoms with Crippen LogP contribution in [0, 0.1) is 13.8 Å². The summed E-state index contributed by atoms with van der Waals surface area (Å²) >= 11 is 0. The van der Waals surface area contributed by atoms with E-state index in [4.69, 9.17) is 4.74 Å². The Morgan fingerprint density at radius 3 is 2.65 bits per heavy atom. The molecule has 0 aliphatic heterocycles. The fourth-order valence-corrected chi connectivity index (χ4v) is 3.13. The van der Waals surface area contributed by atoms with Crippen molar-refractivity contribution in [2.24, 2.45) is 0 Å².